The van der Waals surface area contributed by atoms with Crippen LogP contribution in [0.3, 0.4) is 0 Å². The molecule has 1 aromatic carbocycles. The lowest BCUT2D eigenvalue weighted by atomic mass is 9.99. The number of aromatic nitrogens is 2. The number of nitrogens with zero attached hydrogens (tertiary/aromatic N) is 1. The number of benzene rings is 1. The van der Waals surface area contributed by atoms with Crippen molar-refractivity contribution in [1.29, 1.82) is 0 Å². The van der Waals surface area contributed by atoms with Crippen LogP contribution in [-0.2, 0) is 6.54 Å². The van der Waals surface area contributed by atoms with E-state index in [1.165, 1.54) is 28.1 Å². The average molecular weight is 185 g/mol. The van der Waals surface area contributed by atoms with Crippen LogP contribution in [0.15, 0.2) is 24.4 Å². The van der Waals surface area contributed by atoms with Gasteiger partial charge in [-0.15, -0.1) is 0 Å². The van der Waals surface area contributed by atoms with Gasteiger partial charge >= 0.3 is 0 Å². The lowest BCUT2D eigenvalue weighted by Crippen LogP contribution is -2.07. The summed E-state index contributed by atoms with van der Waals surface area (Å²) >= 11 is 0. The Labute approximate surface area is 82.2 Å². The summed E-state index contributed by atoms with van der Waals surface area (Å²) < 4.78 is 0. The number of fused-ring (bicyclic) bond motifs is 3. The number of hydrogen-bond donors (Lipinski definition) is 2. The molecule has 0 fully saturated rings. The van der Waals surface area contributed by atoms with Gasteiger partial charge in [0.05, 0.1) is 18.4 Å². The lowest BCUT2D eigenvalue weighted by Gasteiger charge is -2.18. The highest BCUT2D eigenvalue weighted by molar-refractivity contribution is 5.82. The molecule has 0 aliphatic carbocycles. The Morgan fingerprint density at radius 2 is 2.21 bits per heavy atom. The molecule has 1 aromatic heterocycles. The molecule has 0 bridgehead atoms. The molecule has 70 valence electrons. The normalized spacial score (nSPS) is 12.9. The molecule has 0 saturated heterocycles. The number of nitrogens with one attached hydrogen (secondary N) is 2. The Morgan fingerprint density at radius 3 is 3.14 bits per heavy atom. The summed E-state index contributed by atoms with van der Waals surface area (Å²) in [5, 5.41) is 10.4. The van der Waals surface area contributed by atoms with E-state index in [1.54, 1.807) is 0 Å². The highest BCUT2D eigenvalue weighted by Crippen LogP contribution is 2.34. The zero-order valence-electron chi connectivity index (χ0n) is 7.96. The topological polar surface area (TPSA) is 40.7 Å². The Balaban J connectivity index is 2.28. The van der Waals surface area contributed by atoms with Crippen molar-refractivity contribution in [2.24, 2.45) is 0 Å². The minimum absolute atomic E-state index is 0.839. The maximum Gasteiger partial charge on any atom is 0.0622 e. The SMILES string of the molecule is Cc1ccc2c(c1)-c1cn[nH]c1CN2. The number of hydrogen-bond acceptors (Lipinski definition) is 2. The fourth-order valence-electron chi connectivity index (χ4n) is 1.90. The molecule has 0 spiro atoms. The van der Waals surface area contributed by atoms with E-state index in [4.69, 9.17) is 0 Å². The van der Waals surface area contributed by atoms with Gasteiger partial charge in [0.1, 0.15) is 0 Å². The van der Waals surface area contributed by atoms with Gasteiger partial charge in [-0.1, -0.05) is 11.6 Å². The smallest absolute Gasteiger partial charge is 0.0622 e. The first-order chi connectivity index (χ1) is 6.84. The first-order valence-corrected chi connectivity index (χ1v) is 4.72. The van der Waals surface area contributed by atoms with Gasteiger partial charge in [0.15, 0.2) is 0 Å². The summed E-state index contributed by atoms with van der Waals surface area (Å²) in [7, 11) is 0. The van der Waals surface area contributed by atoms with Gasteiger partial charge in [0, 0.05) is 16.8 Å². The second-order valence-electron chi connectivity index (χ2n) is 3.66. The minimum atomic E-state index is 0.839. The average Bonchev–Trinajstić information content (AvgIpc) is 2.65. The van der Waals surface area contributed by atoms with Crippen LogP contribution < -0.4 is 5.32 Å². The molecule has 1 aliphatic rings. The molecular weight excluding hydrogens is 174 g/mol. The Kier molecular flexibility index (Phi) is 1.42. The third-order valence-electron chi connectivity index (χ3n) is 2.64. The van der Waals surface area contributed by atoms with Gasteiger partial charge < -0.3 is 5.32 Å². The second-order valence-corrected chi connectivity index (χ2v) is 3.66. The number of rotatable bonds is 0. The molecule has 2 aromatic rings. The Morgan fingerprint density at radius 1 is 1.29 bits per heavy atom. The molecule has 1 aliphatic heterocycles. The van der Waals surface area contributed by atoms with Crippen molar-refractivity contribution in [2.45, 2.75) is 13.5 Å². The van der Waals surface area contributed by atoms with Crippen LogP contribution >= 0.6 is 0 Å². The summed E-state index contributed by atoms with van der Waals surface area (Å²) in [6.07, 6.45) is 1.90. The molecule has 3 nitrogen and oxygen atoms in total. The maximum atomic E-state index is 4.07. The Hall–Kier alpha value is -1.77. The van der Waals surface area contributed by atoms with Crippen molar-refractivity contribution >= 4 is 5.69 Å². The number of anilines is 1. The van der Waals surface area contributed by atoms with Crippen molar-refractivity contribution < 1.29 is 0 Å². The van der Waals surface area contributed by atoms with Crippen LogP contribution in [0.5, 0.6) is 0 Å². The first kappa shape index (κ1) is 7.62. The van der Waals surface area contributed by atoms with E-state index in [2.05, 4.69) is 40.6 Å². The predicted molar refractivity (Wildman–Crippen MR) is 56.1 cm³/mol. The number of aryl methyl sites for hydroxylation is 1. The molecule has 14 heavy (non-hydrogen) atoms. The Bertz CT molecular complexity index is 485. The van der Waals surface area contributed by atoms with Crippen LogP contribution in [-0.4, -0.2) is 10.2 Å². The van der Waals surface area contributed by atoms with Gasteiger partial charge in [0.2, 0.25) is 0 Å². The van der Waals surface area contributed by atoms with Gasteiger partial charge in [-0.25, -0.2) is 0 Å². The highest BCUT2D eigenvalue weighted by Gasteiger charge is 2.16. The molecule has 0 atom stereocenters. The molecule has 3 rings (SSSR count). The first-order valence-electron chi connectivity index (χ1n) is 4.72. The quantitative estimate of drug-likeness (QED) is 0.661. The fraction of sp³-hybridized carbons (Fsp3) is 0.182. The summed E-state index contributed by atoms with van der Waals surface area (Å²) in [6.45, 7) is 2.94. The van der Waals surface area contributed by atoms with E-state index >= 15 is 0 Å². The van der Waals surface area contributed by atoms with Crippen LogP contribution in [0.1, 0.15) is 11.3 Å². The number of aromatic amines is 1. The van der Waals surface area contributed by atoms with E-state index < -0.39 is 0 Å². The molecule has 0 saturated carbocycles. The van der Waals surface area contributed by atoms with Crippen LogP contribution in [0.4, 0.5) is 5.69 Å². The molecule has 2 heterocycles. The molecule has 2 N–H and O–H groups in total. The predicted octanol–water partition coefficient (Wildman–Crippen LogP) is 2.31. The molecular formula is C11H11N3. The monoisotopic (exact) mass is 185 g/mol. The van der Waals surface area contributed by atoms with Crippen molar-refractivity contribution in [1.82, 2.24) is 10.2 Å². The van der Waals surface area contributed by atoms with Crippen LogP contribution in [0.2, 0.25) is 0 Å². The standard InChI is InChI=1S/C11H11N3/c1-7-2-3-10-8(4-7)9-5-13-14-11(9)6-12-10/h2-5,12H,6H2,1H3,(H,13,14). The molecule has 0 unspecified atom stereocenters. The highest BCUT2D eigenvalue weighted by atomic mass is 15.1. The van der Waals surface area contributed by atoms with Gasteiger partial charge in [-0.05, 0) is 19.1 Å². The van der Waals surface area contributed by atoms with Crippen LogP contribution in [0, 0.1) is 6.92 Å². The van der Waals surface area contributed by atoms with Crippen molar-refractivity contribution in [3.8, 4) is 11.1 Å². The van der Waals surface area contributed by atoms with Gasteiger partial charge in [-0.3, -0.25) is 5.10 Å². The van der Waals surface area contributed by atoms with E-state index in [0.29, 0.717) is 0 Å². The molecule has 3 heteroatoms. The van der Waals surface area contributed by atoms with Crippen molar-refractivity contribution in [3.63, 3.8) is 0 Å². The number of H-pyrrole nitrogens is 1. The van der Waals surface area contributed by atoms with E-state index in [9.17, 15) is 0 Å². The fourth-order valence-corrected chi connectivity index (χ4v) is 1.90. The van der Waals surface area contributed by atoms with Crippen LogP contribution in [0.25, 0.3) is 11.1 Å². The lowest BCUT2D eigenvalue weighted by molar-refractivity contribution is 0.977. The molecule has 0 radical (unpaired) electrons. The second kappa shape index (κ2) is 2.61. The summed E-state index contributed by atoms with van der Waals surface area (Å²) in [5.41, 5.74) is 6.12. The van der Waals surface area contributed by atoms with Gasteiger partial charge in [0.25, 0.3) is 0 Å². The van der Waals surface area contributed by atoms with E-state index in [0.717, 1.165) is 6.54 Å². The third-order valence-corrected chi connectivity index (χ3v) is 2.64. The zero-order valence-corrected chi connectivity index (χ0v) is 7.96. The third kappa shape index (κ3) is 0.954. The molecule has 0 amide bonds. The van der Waals surface area contributed by atoms with Gasteiger partial charge in [-0.2, -0.15) is 5.10 Å². The largest absolute Gasteiger partial charge is 0.379 e. The summed E-state index contributed by atoms with van der Waals surface area (Å²) in [4.78, 5) is 0. The summed E-state index contributed by atoms with van der Waals surface area (Å²) in [5.74, 6) is 0. The zero-order chi connectivity index (χ0) is 9.54. The van der Waals surface area contributed by atoms with Crippen molar-refractivity contribution in [2.75, 3.05) is 5.32 Å². The van der Waals surface area contributed by atoms with E-state index in [1.807, 2.05) is 6.20 Å². The van der Waals surface area contributed by atoms with E-state index in [-0.39, 0.29) is 0 Å². The minimum Gasteiger partial charge on any atom is -0.379 e. The maximum absolute atomic E-state index is 4.07. The summed E-state index contributed by atoms with van der Waals surface area (Å²) in [6, 6.07) is 6.44. The van der Waals surface area contributed by atoms with Crippen molar-refractivity contribution in [3.05, 3.63) is 35.7 Å².